The summed E-state index contributed by atoms with van der Waals surface area (Å²) in [5, 5.41) is 2.97. The average Bonchev–Trinajstić information content (AvgIpc) is 3.20. The number of hydrogen-bond donors (Lipinski definition) is 1. The maximum Gasteiger partial charge on any atom is 0.275 e. The average molecular weight is 346 g/mol. The standard InChI is InChI=1S/C17H22N4O2S/c1-4-12(3)18-16(22)14-9-24-10-21(14)17(23)13-8-20-6-5-11(2)7-15(20)19-13/h5-8,12,14H,4,9-10H2,1-3H3,(H,18,22)/t12-,14+/m0/s1. The Morgan fingerprint density at radius 1 is 1.50 bits per heavy atom. The maximum absolute atomic E-state index is 12.8. The molecule has 0 aromatic carbocycles. The second-order valence-electron chi connectivity index (χ2n) is 6.20. The zero-order valence-electron chi connectivity index (χ0n) is 14.2. The molecule has 1 fully saturated rings. The van der Waals surface area contributed by atoms with E-state index in [9.17, 15) is 9.59 Å². The van der Waals surface area contributed by atoms with Crippen LogP contribution in [0.1, 0.15) is 36.3 Å². The van der Waals surface area contributed by atoms with Gasteiger partial charge in [0.2, 0.25) is 5.91 Å². The molecule has 3 rings (SSSR count). The second-order valence-corrected chi connectivity index (χ2v) is 7.20. The lowest BCUT2D eigenvalue weighted by molar-refractivity contribution is -0.125. The topological polar surface area (TPSA) is 66.7 Å². The molecule has 2 aromatic rings. The molecule has 24 heavy (non-hydrogen) atoms. The van der Waals surface area contributed by atoms with Gasteiger partial charge >= 0.3 is 0 Å². The number of carbonyl (C=O) groups is 2. The van der Waals surface area contributed by atoms with Crippen LogP contribution < -0.4 is 5.32 Å². The molecular formula is C17H22N4O2S. The number of fused-ring (bicyclic) bond motifs is 1. The SMILES string of the molecule is CC[C@H](C)NC(=O)[C@H]1CSCN1C(=O)c1cn2ccc(C)cc2n1. The van der Waals surface area contributed by atoms with Gasteiger partial charge in [-0.25, -0.2) is 4.98 Å². The molecule has 7 heteroatoms. The van der Waals surface area contributed by atoms with Crippen molar-refractivity contribution in [2.24, 2.45) is 0 Å². The van der Waals surface area contributed by atoms with Crippen LogP contribution in [0.5, 0.6) is 0 Å². The van der Waals surface area contributed by atoms with E-state index in [4.69, 9.17) is 0 Å². The summed E-state index contributed by atoms with van der Waals surface area (Å²) in [5.41, 5.74) is 2.21. The van der Waals surface area contributed by atoms with Crippen LogP contribution >= 0.6 is 11.8 Å². The second kappa shape index (κ2) is 6.84. The predicted molar refractivity (Wildman–Crippen MR) is 95.1 cm³/mol. The molecule has 128 valence electrons. The van der Waals surface area contributed by atoms with E-state index in [-0.39, 0.29) is 17.9 Å². The van der Waals surface area contributed by atoms with Crippen LogP contribution in [0, 0.1) is 6.92 Å². The zero-order chi connectivity index (χ0) is 17.3. The Morgan fingerprint density at radius 3 is 3.04 bits per heavy atom. The van der Waals surface area contributed by atoms with E-state index < -0.39 is 6.04 Å². The number of aromatic nitrogens is 2. The first-order valence-electron chi connectivity index (χ1n) is 8.14. The van der Waals surface area contributed by atoms with Crippen molar-refractivity contribution in [2.45, 2.75) is 39.3 Å². The molecule has 0 radical (unpaired) electrons. The minimum absolute atomic E-state index is 0.0812. The van der Waals surface area contributed by atoms with Gasteiger partial charge < -0.3 is 14.6 Å². The Bertz CT molecular complexity index is 773. The third-order valence-electron chi connectivity index (χ3n) is 4.28. The van der Waals surface area contributed by atoms with Crippen molar-refractivity contribution < 1.29 is 9.59 Å². The molecule has 0 spiro atoms. The first-order valence-corrected chi connectivity index (χ1v) is 9.29. The van der Waals surface area contributed by atoms with Gasteiger partial charge in [-0.3, -0.25) is 9.59 Å². The van der Waals surface area contributed by atoms with Crippen molar-refractivity contribution in [2.75, 3.05) is 11.6 Å². The van der Waals surface area contributed by atoms with Crippen LogP contribution in [0.15, 0.2) is 24.5 Å². The van der Waals surface area contributed by atoms with E-state index in [0.29, 0.717) is 17.3 Å². The van der Waals surface area contributed by atoms with Crippen molar-refractivity contribution >= 4 is 29.2 Å². The number of rotatable bonds is 4. The quantitative estimate of drug-likeness (QED) is 0.920. The summed E-state index contributed by atoms with van der Waals surface area (Å²) in [6.45, 7) is 5.98. The third-order valence-corrected chi connectivity index (χ3v) is 5.29. The molecule has 1 aliphatic rings. The van der Waals surface area contributed by atoms with Crippen LogP contribution in [0.4, 0.5) is 0 Å². The minimum atomic E-state index is -0.428. The fourth-order valence-corrected chi connectivity index (χ4v) is 3.79. The lowest BCUT2D eigenvalue weighted by Crippen LogP contribution is -2.49. The number of carbonyl (C=O) groups excluding carboxylic acids is 2. The van der Waals surface area contributed by atoms with Crippen LogP contribution in [0.3, 0.4) is 0 Å². The summed E-state index contributed by atoms with van der Waals surface area (Å²) in [4.78, 5) is 31.3. The van der Waals surface area contributed by atoms with E-state index in [0.717, 1.165) is 17.6 Å². The molecule has 2 amide bonds. The molecular weight excluding hydrogens is 324 g/mol. The van der Waals surface area contributed by atoms with Gasteiger partial charge in [-0.2, -0.15) is 0 Å². The molecule has 3 heterocycles. The van der Waals surface area contributed by atoms with E-state index >= 15 is 0 Å². The number of nitrogens with one attached hydrogen (secondary N) is 1. The number of aryl methyl sites for hydroxylation is 1. The molecule has 0 bridgehead atoms. The van der Waals surface area contributed by atoms with Gasteiger partial charge in [0.15, 0.2) is 0 Å². The summed E-state index contributed by atoms with van der Waals surface area (Å²) >= 11 is 1.60. The summed E-state index contributed by atoms with van der Waals surface area (Å²) in [7, 11) is 0. The van der Waals surface area contributed by atoms with Crippen molar-refractivity contribution in [3.05, 3.63) is 35.8 Å². The molecule has 1 saturated heterocycles. The Labute approximate surface area is 145 Å². The Kier molecular flexibility index (Phi) is 4.80. The highest BCUT2D eigenvalue weighted by atomic mass is 32.2. The lowest BCUT2D eigenvalue weighted by Gasteiger charge is -2.23. The highest BCUT2D eigenvalue weighted by Crippen LogP contribution is 2.23. The van der Waals surface area contributed by atoms with Gasteiger partial charge in [-0.05, 0) is 38.0 Å². The number of imidazole rings is 1. The number of hydrogen-bond acceptors (Lipinski definition) is 4. The Balaban J connectivity index is 1.80. The molecule has 0 unspecified atom stereocenters. The Hall–Kier alpha value is -2.02. The monoisotopic (exact) mass is 346 g/mol. The first-order chi connectivity index (χ1) is 11.5. The van der Waals surface area contributed by atoms with Gasteiger partial charge in [-0.1, -0.05) is 6.92 Å². The van der Waals surface area contributed by atoms with Crippen LogP contribution in [0.25, 0.3) is 5.65 Å². The van der Waals surface area contributed by atoms with Crippen LogP contribution in [0.2, 0.25) is 0 Å². The van der Waals surface area contributed by atoms with Gasteiger partial charge in [-0.15, -0.1) is 11.8 Å². The normalized spacial score (nSPS) is 18.8. The van der Waals surface area contributed by atoms with E-state index in [1.807, 2.05) is 43.5 Å². The molecule has 0 saturated carbocycles. The molecule has 6 nitrogen and oxygen atoms in total. The number of pyridine rings is 1. The van der Waals surface area contributed by atoms with Gasteiger partial charge in [0, 0.05) is 24.2 Å². The van der Waals surface area contributed by atoms with Crippen molar-refractivity contribution in [3.63, 3.8) is 0 Å². The number of nitrogens with zero attached hydrogens (tertiary/aromatic N) is 3. The largest absolute Gasteiger partial charge is 0.352 e. The predicted octanol–water partition coefficient (Wildman–Crippen LogP) is 2.07. The van der Waals surface area contributed by atoms with Crippen molar-refractivity contribution in [1.82, 2.24) is 19.6 Å². The van der Waals surface area contributed by atoms with E-state index in [1.54, 1.807) is 22.9 Å². The molecule has 2 atom stereocenters. The maximum atomic E-state index is 12.8. The molecule has 2 aromatic heterocycles. The first kappa shape index (κ1) is 16.8. The van der Waals surface area contributed by atoms with Crippen molar-refractivity contribution in [3.8, 4) is 0 Å². The third kappa shape index (κ3) is 3.26. The minimum Gasteiger partial charge on any atom is -0.352 e. The fraction of sp³-hybridized carbons (Fsp3) is 0.471. The lowest BCUT2D eigenvalue weighted by atomic mass is 10.2. The summed E-state index contributed by atoms with van der Waals surface area (Å²) in [6, 6.07) is 3.58. The smallest absolute Gasteiger partial charge is 0.275 e. The van der Waals surface area contributed by atoms with Gasteiger partial charge in [0.05, 0.1) is 5.88 Å². The Morgan fingerprint density at radius 2 is 2.29 bits per heavy atom. The molecule has 0 aliphatic carbocycles. The summed E-state index contributed by atoms with van der Waals surface area (Å²) in [6.07, 6.45) is 4.48. The van der Waals surface area contributed by atoms with Gasteiger partial charge in [0.25, 0.3) is 5.91 Å². The molecule has 1 N–H and O–H groups in total. The van der Waals surface area contributed by atoms with Gasteiger partial charge in [0.1, 0.15) is 17.4 Å². The molecule has 1 aliphatic heterocycles. The van der Waals surface area contributed by atoms with Crippen LogP contribution in [-0.2, 0) is 4.79 Å². The fourth-order valence-electron chi connectivity index (χ4n) is 2.64. The van der Waals surface area contributed by atoms with Crippen molar-refractivity contribution in [1.29, 1.82) is 0 Å². The summed E-state index contributed by atoms with van der Waals surface area (Å²) in [5.74, 6) is 0.873. The van der Waals surface area contributed by atoms with E-state index in [1.165, 1.54) is 0 Å². The summed E-state index contributed by atoms with van der Waals surface area (Å²) < 4.78 is 1.83. The zero-order valence-corrected chi connectivity index (χ0v) is 15.0. The highest BCUT2D eigenvalue weighted by Gasteiger charge is 2.36. The van der Waals surface area contributed by atoms with E-state index in [2.05, 4.69) is 10.3 Å². The van der Waals surface area contributed by atoms with Crippen LogP contribution in [-0.4, -0.2) is 49.8 Å². The highest BCUT2D eigenvalue weighted by molar-refractivity contribution is 7.99. The number of amides is 2. The number of thioether (sulfide) groups is 1.